The molecule has 2 N–H and O–H groups in total. The molecule has 0 bridgehead atoms. The molecule has 0 saturated heterocycles. The number of benzene rings is 3. The van der Waals surface area contributed by atoms with Gasteiger partial charge in [-0.15, -0.1) is 0 Å². The van der Waals surface area contributed by atoms with Crippen molar-refractivity contribution in [1.29, 1.82) is 5.26 Å². The SMILES string of the molecule is COc1ccc(C2C(C#N)=C(N)N(c3ccc([N+](=O)[O-])cc3)C3=C2C(=O)CC(C)(C)C3)cc1COc1ccc([N+](=O)[O-])cc1. The van der Waals surface area contributed by atoms with E-state index in [1.807, 2.05) is 13.8 Å². The van der Waals surface area contributed by atoms with Crippen molar-refractivity contribution in [3.63, 3.8) is 0 Å². The number of allylic oxidation sites excluding steroid dienone is 3. The minimum atomic E-state index is -0.767. The van der Waals surface area contributed by atoms with Gasteiger partial charge < -0.3 is 15.2 Å². The summed E-state index contributed by atoms with van der Waals surface area (Å²) in [5.41, 5.74) is 9.17. The van der Waals surface area contributed by atoms with Gasteiger partial charge >= 0.3 is 0 Å². The van der Waals surface area contributed by atoms with E-state index in [0.29, 0.717) is 46.0 Å². The first-order valence-corrected chi connectivity index (χ1v) is 13.7. The predicted molar refractivity (Wildman–Crippen MR) is 161 cm³/mol. The lowest BCUT2D eigenvalue weighted by molar-refractivity contribution is -0.385. The van der Waals surface area contributed by atoms with Crippen molar-refractivity contribution in [3.8, 4) is 17.6 Å². The van der Waals surface area contributed by atoms with Gasteiger partial charge in [-0.25, -0.2) is 0 Å². The van der Waals surface area contributed by atoms with Crippen molar-refractivity contribution < 1.29 is 24.1 Å². The minimum absolute atomic E-state index is 0.0461. The number of nitro groups is 2. The number of carbonyl (C=O) groups is 1. The van der Waals surface area contributed by atoms with Gasteiger partial charge in [0.1, 0.15) is 23.9 Å². The summed E-state index contributed by atoms with van der Waals surface area (Å²) in [4.78, 5) is 36.8. The van der Waals surface area contributed by atoms with E-state index in [-0.39, 0.29) is 41.6 Å². The average Bonchev–Trinajstić information content (AvgIpc) is 2.99. The van der Waals surface area contributed by atoms with Crippen LogP contribution < -0.4 is 20.1 Å². The molecule has 0 fully saturated rings. The monoisotopic (exact) mass is 595 g/mol. The highest BCUT2D eigenvalue weighted by atomic mass is 16.6. The van der Waals surface area contributed by atoms with Gasteiger partial charge in [0.15, 0.2) is 5.78 Å². The standard InChI is InChI=1S/C32H29N5O7/c1-32(2)15-26-30(27(38)16-32)29(25(17-33)31(34)35(26)21-5-7-22(8-6-21)36(39)40)19-4-13-28(43-3)20(14-19)18-44-24-11-9-23(10-12-24)37(41)42/h4-14,29H,15-16,18,34H2,1-3H3. The second-order valence-corrected chi connectivity index (χ2v) is 11.4. The van der Waals surface area contributed by atoms with E-state index < -0.39 is 21.2 Å². The highest BCUT2D eigenvalue weighted by Crippen LogP contribution is 2.50. The first kappa shape index (κ1) is 29.8. The van der Waals surface area contributed by atoms with Crippen molar-refractivity contribution >= 4 is 22.8 Å². The number of ketones is 1. The molecule has 1 aliphatic carbocycles. The van der Waals surface area contributed by atoms with Crippen LogP contribution in [0.2, 0.25) is 0 Å². The Hall–Kier alpha value is -5.70. The fraction of sp³-hybridized carbons (Fsp3) is 0.250. The number of carbonyl (C=O) groups excluding carboxylic acids is 1. The second kappa shape index (κ2) is 11.5. The van der Waals surface area contributed by atoms with Gasteiger partial charge in [0.25, 0.3) is 11.4 Å². The average molecular weight is 596 g/mol. The molecule has 3 aromatic rings. The summed E-state index contributed by atoms with van der Waals surface area (Å²) in [7, 11) is 1.51. The summed E-state index contributed by atoms with van der Waals surface area (Å²) in [6, 6.07) is 19.1. The quantitative estimate of drug-likeness (QED) is 0.239. The fourth-order valence-corrected chi connectivity index (χ4v) is 5.78. The summed E-state index contributed by atoms with van der Waals surface area (Å²) in [5, 5.41) is 32.7. The van der Waals surface area contributed by atoms with Crippen molar-refractivity contribution in [2.45, 2.75) is 39.2 Å². The second-order valence-electron chi connectivity index (χ2n) is 11.4. The molecule has 0 spiro atoms. The van der Waals surface area contributed by atoms with Crippen molar-refractivity contribution in [3.05, 3.63) is 121 Å². The Morgan fingerprint density at radius 1 is 1.00 bits per heavy atom. The highest BCUT2D eigenvalue weighted by Gasteiger charge is 2.44. The van der Waals surface area contributed by atoms with Crippen LogP contribution >= 0.6 is 0 Å². The zero-order valence-electron chi connectivity index (χ0n) is 24.3. The maximum absolute atomic E-state index is 13.9. The Bertz CT molecular complexity index is 1770. The van der Waals surface area contributed by atoms with Crippen molar-refractivity contribution in [2.75, 3.05) is 12.0 Å². The number of Topliss-reactive ketones (excluding diaryl/α,β-unsaturated/α-hetero) is 1. The number of nitrogens with two attached hydrogens (primary N) is 1. The molecule has 0 aromatic heterocycles. The van der Waals surface area contributed by atoms with Gasteiger partial charge in [-0.2, -0.15) is 5.26 Å². The lowest BCUT2D eigenvalue weighted by atomic mass is 9.68. The Kier molecular flexibility index (Phi) is 7.80. The minimum Gasteiger partial charge on any atom is -0.496 e. The highest BCUT2D eigenvalue weighted by molar-refractivity contribution is 6.01. The fourth-order valence-electron chi connectivity index (χ4n) is 5.78. The van der Waals surface area contributed by atoms with Gasteiger partial charge in [-0.1, -0.05) is 19.9 Å². The third-order valence-corrected chi connectivity index (χ3v) is 7.78. The molecular weight excluding hydrogens is 566 g/mol. The van der Waals surface area contributed by atoms with Crippen LogP contribution in [0.15, 0.2) is 89.4 Å². The Balaban J connectivity index is 1.59. The molecule has 0 radical (unpaired) electrons. The summed E-state index contributed by atoms with van der Waals surface area (Å²) >= 11 is 0. The summed E-state index contributed by atoms with van der Waals surface area (Å²) in [6.45, 7) is 4.02. The maximum atomic E-state index is 13.9. The van der Waals surface area contributed by atoms with E-state index in [4.69, 9.17) is 15.2 Å². The van der Waals surface area contributed by atoms with Gasteiger partial charge in [-0.05, 0) is 53.8 Å². The number of non-ortho nitro benzene ring substituents is 2. The molecule has 1 aliphatic heterocycles. The lowest BCUT2D eigenvalue weighted by Crippen LogP contribution is -2.42. The van der Waals surface area contributed by atoms with E-state index in [2.05, 4.69) is 6.07 Å². The molecule has 1 heterocycles. The third-order valence-electron chi connectivity index (χ3n) is 7.78. The molecular formula is C32H29N5O7. The predicted octanol–water partition coefficient (Wildman–Crippen LogP) is 6.03. The van der Waals surface area contributed by atoms with Crippen molar-refractivity contribution in [2.24, 2.45) is 11.1 Å². The Morgan fingerprint density at radius 2 is 1.61 bits per heavy atom. The summed E-state index contributed by atoms with van der Waals surface area (Å²) in [5.74, 6) is 0.177. The number of methoxy groups -OCH3 is 1. The van der Waals surface area contributed by atoms with Crippen LogP contribution in [0.3, 0.4) is 0 Å². The molecule has 5 rings (SSSR count). The largest absolute Gasteiger partial charge is 0.496 e. The molecule has 0 amide bonds. The van der Waals surface area contributed by atoms with Gasteiger partial charge in [0, 0.05) is 53.2 Å². The summed E-state index contributed by atoms with van der Waals surface area (Å²) in [6.07, 6.45) is 0.745. The number of rotatable bonds is 8. The zero-order valence-corrected chi connectivity index (χ0v) is 24.3. The molecule has 2 aliphatic rings. The number of nitrogens with zero attached hydrogens (tertiary/aromatic N) is 4. The van der Waals surface area contributed by atoms with Crippen molar-refractivity contribution in [1.82, 2.24) is 0 Å². The number of anilines is 1. The molecule has 12 heteroatoms. The van der Waals surface area contributed by atoms with E-state index in [1.165, 1.54) is 43.5 Å². The number of hydrogen-bond acceptors (Lipinski definition) is 10. The van der Waals surface area contributed by atoms with E-state index in [1.54, 1.807) is 35.2 Å². The zero-order chi connectivity index (χ0) is 31.8. The first-order chi connectivity index (χ1) is 20.9. The van der Waals surface area contributed by atoms with Crippen LogP contribution in [0, 0.1) is 37.0 Å². The Labute approximate surface area is 252 Å². The normalized spacial score (nSPS) is 17.5. The number of hydrogen-bond donors (Lipinski definition) is 1. The maximum Gasteiger partial charge on any atom is 0.269 e. The smallest absolute Gasteiger partial charge is 0.269 e. The molecule has 44 heavy (non-hydrogen) atoms. The first-order valence-electron chi connectivity index (χ1n) is 13.7. The number of ether oxygens (including phenoxy) is 2. The van der Waals surface area contributed by atoms with E-state index >= 15 is 0 Å². The molecule has 1 unspecified atom stereocenters. The van der Waals surface area contributed by atoms with E-state index in [9.17, 15) is 30.3 Å². The van der Waals surface area contributed by atoms with Crippen LogP contribution in [0.25, 0.3) is 0 Å². The lowest BCUT2D eigenvalue weighted by Gasteiger charge is -2.43. The topological polar surface area (TPSA) is 175 Å². The summed E-state index contributed by atoms with van der Waals surface area (Å²) < 4.78 is 11.5. The number of nitriles is 1. The van der Waals surface area contributed by atoms with Gasteiger partial charge in [-0.3, -0.25) is 29.9 Å². The van der Waals surface area contributed by atoms with Crippen LogP contribution in [-0.4, -0.2) is 22.7 Å². The molecule has 3 aromatic carbocycles. The van der Waals surface area contributed by atoms with Crippen LogP contribution in [0.4, 0.5) is 17.1 Å². The third kappa shape index (κ3) is 5.55. The van der Waals surface area contributed by atoms with E-state index in [0.717, 1.165) is 0 Å². The van der Waals surface area contributed by atoms with Crippen LogP contribution in [0.5, 0.6) is 11.5 Å². The number of nitro benzene ring substituents is 2. The van der Waals surface area contributed by atoms with Crippen LogP contribution in [-0.2, 0) is 11.4 Å². The van der Waals surface area contributed by atoms with Gasteiger partial charge in [0.05, 0.1) is 34.5 Å². The Morgan fingerprint density at radius 3 is 2.18 bits per heavy atom. The van der Waals surface area contributed by atoms with Crippen LogP contribution in [0.1, 0.15) is 43.7 Å². The molecule has 12 nitrogen and oxygen atoms in total. The molecule has 224 valence electrons. The van der Waals surface area contributed by atoms with Gasteiger partial charge in [0.2, 0.25) is 0 Å². The molecule has 1 atom stereocenters. The molecule has 0 saturated carbocycles.